The van der Waals surface area contributed by atoms with Crippen molar-refractivity contribution in [2.75, 3.05) is 17.6 Å². The van der Waals surface area contributed by atoms with Gasteiger partial charge in [-0.25, -0.2) is 4.98 Å². The van der Waals surface area contributed by atoms with Crippen LogP contribution in [0.5, 0.6) is 0 Å². The summed E-state index contributed by atoms with van der Waals surface area (Å²) in [4.78, 5) is 20.0. The molecule has 1 rings (SSSR count). The van der Waals surface area contributed by atoms with Gasteiger partial charge in [0.25, 0.3) is 0 Å². The maximum Gasteiger partial charge on any atom is 0.316 e. The van der Waals surface area contributed by atoms with Crippen LogP contribution in [0.3, 0.4) is 0 Å². The highest BCUT2D eigenvalue weighted by atomic mass is 32.2. The van der Waals surface area contributed by atoms with Crippen LogP contribution in [0.1, 0.15) is 34.1 Å². The molecule has 1 aromatic heterocycles. The predicted molar refractivity (Wildman–Crippen MR) is 77.4 cm³/mol. The van der Waals surface area contributed by atoms with Gasteiger partial charge in [-0.1, -0.05) is 18.7 Å². The molecule has 0 spiro atoms. The van der Waals surface area contributed by atoms with Crippen LogP contribution in [0.4, 0.5) is 5.82 Å². The monoisotopic (exact) mass is 283 g/mol. The number of rotatable bonds is 6. The van der Waals surface area contributed by atoms with Crippen molar-refractivity contribution in [3.63, 3.8) is 0 Å². The van der Waals surface area contributed by atoms with Crippen molar-refractivity contribution in [3.8, 4) is 0 Å². The maximum atomic E-state index is 11.6. The van der Waals surface area contributed by atoms with Crippen molar-refractivity contribution >= 4 is 23.5 Å². The Bertz CT molecular complexity index is 419. The minimum Gasteiger partial charge on any atom is -0.459 e. The van der Waals surface area contributed by atoms with Crippen molar-refractivity contribution in [1.82, 2.24) is 9.97 Å². The SMILES string of the molecule is CCCNc1cncc(SCC(=O)OC(C)(C)C)n1. The van der Waals surface area contributed by atoms with Gasteiger partial charge in [0.1, 0.15) is 16.4 Å². The van der Waals surface area contributed by atoms with Crippen molar-refractivity contribution in [3.05, 3.63) is 12.4 Å². The number of ether oxygens (including phenoxy) is 1. The topological polar surface area (TPSA) is 64.1 Å². The van der Waals surface area contributed by atoms with E-state index in [1.807, 2.05) is 20.8 Å². The molecule has 5 nitrogen and oxygen atoms in total. The molecule has 1 N–H and O–H groups in total. The van der Waals surface area contributed by atoms with Crippen LogP contribution in [0.2, 0.25) is 0 Å². The Labute approximate surface area is 118 Å². The largest absolute Gasteiger partial charge is 0.459 e. The Morgan fingerprint density at radius 2 is 2.16 bits per heavy atom. The third-order valence-electron chi connectivity index (χ3n) is 1.93. The molecule has 0 aliphatic heterocycles. The lowest BCUT2D eigenvalue weighted by atomic mass is 10.2. The number of nitrogens with zero attached hydrogens (tertiary/aromatic N) is 2. The number of carbonyl (C=O) groups is 1. The van der Waals surface area contributed by atoms with Crippen molar-refractivity contribution in [2.45, 2.75) is 44.7 Å². The molecule has 0 aromatic carbocycles. The normalized spacial score (nSPS) is 11.2. The van der Waals surface area contributed by atoms with E-state index in [1.54, 1.807) is 12.4 Å². The average molecular weight is 283 g/mol. The minimum absolute atomic E-state index is 0.239. The number of carbonyl (C=O) groups excluding carboxylic acids is 1. The molecule has 0 unspecified atom stereocenters. The fraction of sp³-hybridized carbons (Fsp3) is 0.615. The molecule has 0 saturated carbocycles. The highest BCUT2D eigenvalue weighted by molar-refractivity contribution is 7.99. The molecule has 19 heavy (non-hydrogen) atoms. The number of thioether (sulfide) groups is 1. The summed E-state index contributed by atoms with van der Waals surface area (Å²) in [5, 5.41) is 3.87. The fourth-order valence-electron chi connectivity index (χ4n) is 1.26. The van der Waals surface area contributed by atoms with Gasteiger partial charge in [0.05, 0.1) is 18.1 Å². The van der Waals surface area contributed by atoms with Gasteiger partial charge in [-0.05, 0) is 27.2 Å². The van der Waals surface area contributed by atoms with Crippen LogP contribution in [-0.2, 0) is 9.53 Å². The van der Waals surface area contributed by atoms with Gasteiger partial charge in [0.15, 0.2) is 0 Å². The third kappa shape index (κ3) is 7.00. The van der Waals surface area contributed by atoms with E-state index >= 15 is 0 Å². The van der Waals surface area contributed by atoms with E-state index in [0.717, 1.165) is 18.8 Å². The van der Waals surface area contributed by atoms with Gasteiger partial charge in [-0.3, -0.25) is 9.78 Å². The molecule has 0 bridgehead atoms. The molecular formula is C13H21N3O2S. The summed E-state index contributed by atoms with van der Waals surface area (Å²) in [6.07, 6.45) is 4.34. The summed E-state index contributed by atoms with van der Waals surface area (Å²) in [6.45, 7) is 8.50. The Hall–Kier alpha value is -1.30. The molecule has 0 saturated heterocycles. The third-order valence-corrected chi connectivity index (χ3v) is 2.80. The van der Waals surface area contributed by atoms with Crippen LogP contribution in [0.25, 0.3) is 0 Å². The summed E-state index contributed by atoms with van der Waals surface area (Å²) in [6, 6.07) is 0. The molecule has 0 fully saturated rings. The second kappa shape index (κ2) is 7.33. The first kappa shape index (κ1) is 15.8. The molecule has 0 aliphatic rings. The molecule has 0 atom stereocenters. The zero-order valence-corrected chi connectivity index (χ0v) is 12.7. The minimum atomic E-state index is -0.451. The first-order valence-corrected chi connectivity index (χ1v) is 7.30. The summed E-state index contributed by atoms with van der Waals surface area (Å²) in [5.74, 6) is 0.727. The van der Waals surface area contributed by atoms with Gasteiger partial charge in [-0.2, -0.15) is 0 Å². The van der Waals surface area contributed by atoms with Gasteiger partial charge in [0.2, 0.25) is 0 Å². The first-order valence-electron chi connectivity index (χ1n) is 6.31. The Morgan fingerprint density at radius 1 is 1.42 bits per heavy atom. The van der Waals surface area contributed by atoms with E-state index in [1.165, 1.54) is 11.8 Å². The summed E-state index contributed by atoms with van der Waals surface area (Å²) in [7, 11) is 0. The molecule has 106 valence electrons. The van der Waals surface area contributed by atoms with E-state index in [9.17, 15) is 4.79 Å². The first-order chi connectivity index (χ1) is 8.90. The Kier molecular flexibility index (Phi) is 6.08. The van der Waals surface area contributed by atoms with Crippen LogP contribution in [-0.4, -0.2) is 33.8 Å². The number of hydrogen-bond acceptors (Lipinski definition) is 6. The molecule has 1 aromatic rings. The number of esters is 1. The molecule has 0 aliphatic carbocycles. The van der Waals surface area contributed by atoms with E-state index in [2.05, 4.69) is 22.2 Å². The highest BCUT2D eigenvalue weighted by Gasteiger charge is 2.16. The molecular weight excluding hydrogens is 262 g/mol. The van der Waals surface area contributed by atoms with Crippen LogP contribution < -0.4 is 5.32 Å². The number of anilines is 1. The Morgan fingerprint density at radius 3 is 2.79 bits per heavy atom. The summed E-state index contributed by atoms with van der Waals surface area (Å²) < 4.78 is 5.23. The molecule has 0 radical (unpaired) electrons. The standard InChI is InChI=1S/C13H21N3O2S/c1-5-6-15-10-7-14-8-11(16-10)19-9-12(17)18-13(2,3)4/h7-8H,5-6,9H2,1-4H3,(H,15,16). The predicted octanol–water partition coefficient (Wildman–Crippen LogP) is 2.73. The second-order valence-corrected chi connectivity index (χ2v) is 6.04. The van der Waals surface area contributed by atoms with Gasteiger partial charge in [0, 0.05) is 6.54 Å². The van der Waals surface area contributed by atoms with E-state index in [-0.39, 0.29) is 11.7 Å². The molecule has 0 amide bonds. The van der Waals surface area contributed by atoms with Crippen molar-refractivity contribution < 1.29 is 9.53 Å². The second-order valence-electron chi connectivity index (χ2n) is 5.04. The van der Waals surface area contributed by atoms with E-state index < -0.39 is 5.60 Å². The lowest BCUT2D eigenvalue weighted by Crippen LogP contribution is -2.24. The number of aromatic nitrogens is 2. The smallest absolute Gasteiger partial charge is 0.316 e. The maximum absolute atomic E-state index is 11.6. The highest BCUT2D eigenvalue weighted by Crippen LogP contribution is 2.17. The van der Waals surface area contributed by atoms with E-state index in [0.29, 0.717) is 5.03 Å². The lowest BCUT2D eigenvalue weighted by Gasteiger charge is -2.19. The average Bonchev–Trinajstić information content (AvgIpc) is 2.32. The van der Waals surface area contributed by atoms with Crippen LogP contribution in [0, 0.1) is 0 Å². The number of nitrogens with one attached hydrogen (secondary N) is 1. The van der Waals surface area contributed by atoms with Gasteiger partial charge in [-0.15, -0.1) is 0 Å². The zero-order valence-electron chi connectivity index (χ0n) is 11.9. The van der Waals surface area contributed by atoms with Crippen molar-refractivity contribution in [1.29, 1.82) is 0 Å². The summed E-state index contributed by atoms with van der Waals surface area (Å²) in [5.41, 5.74) is -0.451. The summed E-state index contributed by atoms with van der Waals surface area (Å²) >= 11 is 1.33. The van der Waals surface area contributed by atoms with Gasteiger partial charge < -0.3 is 10.1 Å². The fourth-order valence-corrected chi connectivity index (χ4v) is 1.88. The van der Waals surface area contributed by atoms with Gasteiger partial charge >= 0.3 is 5.97 Å². The van der Waals surface area contributed by atoms with Crippen molar-refractivity contribution in [2.24, 2.45) is 0 Å². The zero-order chi connectivity index (χ0) is 14.3. The molecule has 6 heteroatoms. The van der Waals surface area contributed by atoms with Crippen LogP contribution in [0.15, 0.2) is 17.4 Å². The van der Waals surface area contributed by atoms with E-state index in [4.69, 9.17) is 4.74 Å². The quantitative estimate of drug-likeness (QED) is 0.639. The Balaban J connectivity index is 2.46. The number of hydrogen-bond donors (Lipinski definition) is 1. The lowest BCUT2D eigenvalue weighted by molar-refractivity contribution is -0.151. The van der Waals surface area contributed by atoms with Crippen LogP contribution >= 0.6 is 11.8 Å². The molecule has 1 heterocycles.